The molecule has 0 spiro atoms. The predicted octanol–water partition coefficient (Wildman–Crippen LogP) is 1.38. The molecule has 8 nitrogen and oxygen atoms in total. The van der Waals surface area contributed by atoms with Gasteiger partial charge in [-0.05, 0) is 18.1 Å². The summed E-state index contributed by atoms with van der Waals surface area (Å²) in [6.07, 6.45) is 7.62. The molecule has 0 aliphatic carbocycles. The first-order chi connectivity index (χ1) is 13.6. The van der Waals surface area contributed by atoms with Gasteiger partial charge in [0.1, 0.15) is 12.4 Å². The third-order valence-electron chi connectivity index (χ3n) is 5.19. The van der Waals surface area contributed by atoms with Crippen molar-refractivity contribution in [3.05, 3.63) is 59.9 Å². The fraction of sp³-hybridized carbons (Fsp3) is 0.200. The number of nitrogens with one attached hydrogen (secondary N) is 1. The Balaban J connectivity index is 1.61. The highest BCUT2D eigenvalue weighted by molar-refractivity contribution is 6.27. The lowest BCUT2D eigenvalue weighted by atomic mass is 10.0. The number of imide groups is 1. The second kappa shape index (κ2) is 6.19. The summed E-state index contributed by atoms with van der Waals surface area (Å²) in [6, 6.07) is 4.79. The summed E-state index contributed by atoms with van der Waals surface area (Å²) >= 11 is 0. The third kappa shape index (κ3) is 2.45. The average molecular weight is 373 g/mol. The van der Waals surface area contributed by atoms with Crippen LogP contribution in [0.3, 0.4) is 0 Å². The normalized spacial score (nSPS) is 18.6. The molecular formula is C20H15N5O3. The third-order valence-corrected chi connectivity index (χ3v) is 5.19. The molecule has 0 radical (unpaired) electrons. The maximum Gasteiger partial charge on any atom is 0.259 e. The van der Waals surface area contributed by atoms with Gasteiger partial charge in [-0.3, -0.25) is 29.6 Å². The number of amides is 3. The van der Waals surface area contributed by atoms with Crippen molar-refractivity contribution >= 4 is 34.2 Å². The molecule has 1 atom stereocenters. The monoisotopic (exact) mass is 373 g/mol. The van der Waals surface area contributed by atoms with Gasteiger partial charge in [0.15, 0.2) is 0 Å². The highest BCUT2D eigenvalue weighted by Gasteiger charge is 2.41. The van der Waals surface area contributed by atoms with E-state index in [1.165, 1.54) is 11.2 Å². The van der Waals surface area contributed by atoms with Gasteiger partial charge in [-0.25, -0.2) is 9.97 Å². The van der Waals surface area contributed by atoms with Crippen LogP contribution in [0.4, 0.5) is 5.69 Å². The zero-order valence-corrected chi connectivity index (χ0v) is 14.8. The second-order valence-corrected chi connectivity index (χ2v) is 6.88. The Morgan fingerprint density at radius 2 is 1.93 bits per heavy atom. The number of pyridine rings is 1. The fourth-order valence-electron chi connectivity index (χ4n) is 3.94. The lowest BCUT2D eigenvalue weighted by Crippen LogP contribution is -2.53. The highest BCUT2D eigenvalue weighted by atomic mass is 16.2. The molecule has 4 heterocycles. The van der Waals surface area contributed by atoms with Crippen molar-refractivity contribution in [3.8, 4) is 0 Å². The van der Waals surface area contributed by atoms with Crippen LogP contribution in [0, 0.1) is 0 Å². The Hall–Kier alpha value is -3.68. The molecule has 0 bridgehead atoms. The quantitative estimate of drug-likeness (QED) is 0.696. The number of benzene rings is 1. The van der Waals surface area contributed by atoms with E-state index in [9.17, 15) is 14.4 Å². The van der Waals surface area contributed by atoms with Gasteiger partial charge in [0.2, 0.25) is 11.8 Å². The molecule has 138 valence electrons. The number of nitrogens with zero attached hydrogens (tertiary/aromatic N) is 4. The number of rotatable bonds is 3. The predicted molar refractivity (Wildman–Crippen MR) is 99.6 cm³/mol. The van der Waals surface area contributed by atoms with Crippen molar-refractivity contribution in [2.45, 2.75) is 25.3 Å². The Morgan fingerprint density at radius 3 is 2.71 bits per heavy atom. The van der Waals surface area contributed by atoms with Crippen LogP contribution in [0.25, 0.3) is 10.8 Å². The number of piperidine rings is 1. The molecule has 2 aliphatic rings. The van der Waals surface area contributed by atoms with E-state index < -0.39 is 11.9 Å². The Morgan fingerprint density at radius 1 is 1.11 bits per heavy atom. The molecule has 5 rings (SSSR count). The molecule has 8 heteroatoms. The van der Waals surface area contributed by atoms with Crippen molar-refractivity contribution < 1.29 is 14.4 Å². The summed E-state index contributed by atoms with van der Waals surface area (Å²) in [6.45, 7) is 0. The van der Waals surface area contributed by atoms with E-state index in [4.69, 9.17) is 0 Å². The Kier molecular flexibility index (Phi) is 3.65. The van der Waals surface area contributed by atoms with Crippen molar-refractivity contribution in [2.75, 3.05) is 4.90 Å². The van der Waals surface area contributed by atoms with Crippen molar-refractivity contribution in [3.63, 3.8) is 0 Å². The fourth-order valence-corrected chi connectivity index (χ4v) is 3.94. The van der Waals surface area contributed by atoms with Crippen LogP contribution in [0.15, 0.2) is 43.1 Å². The zero-order valence-electron chi connectivity index (χ0n) is 14.8. The number of anilines is 1. The molecule has 28 heavy (non-hydrogen) atoms. The second-order valence-electron chi connectivity index (χ2n) is 6.88. The van der Waals surface area contributed by atoms with Gasteiger partial charge in [0.25, 0.3) is 5.91 Å². The van der Waals surface area contributed by atoms with Gasteiger partial charge in [-0.15, -0.1) is 0 Å². The zero-order chi connectivity index (χ0) is 19.3. The molecule has 1 aromatic carbocycles. The number of hydrogen-bond acceptors (Lipinski definition) is 6. The molecule has 1 fully saturated rings. The molecule has 1 N–H and O–H groups in total. The highest BCUT2D eigenvalue weighted by Crippen LogP contribution is 2.40. The van der Waals surface area contributed by atoms with Gasteiger partial charge in [-0.2, -0.15) is 0 Å². The molecule has 2 aromatic heterocycles. The number of carbonyl (C=O) groups is 3. The van der Waals surface area contributed by atoms with E-state index in [1.807, 2.05) is 12.1 Å². The minimum Gasteiger partial charge on any atom is -0.295 e. The maximum absolute atomic E-state index is 13.1. The van der Waals surface area contributed by atoms with Crippen molar-refractivity contribution in [2.24, 2.45) is 0 Å². The molecule has 1 unspecified atom stereocenters. The Labute approximate surface area is 159 Å². The first-order valence-corrected chi connectivity index (χ1v) is 8.95. The summed E-state index contributed by atoms with van der Waals surface area (Å²) in [5.41, 5.74) is 2.89. The molecule has 3 amide bonds. The van der Waals surface area contributed by atoms with Gasteiger partial charge in [0, 0.05) is 41.6 Å². The van der Waals surface area contributed by atoms with Gasteiger partial charge in [0.05, 0.1) is 17.6 Å². The van der Waals surface area contributed by atoms with Crippen LogP contribution < -0.4 is 10.2 Å². The van der Waals surface area contributed by atoms with Crippen LogP contribution in [0.2, 0.25) is 0 Å². The van der Waals surface area contributed by atoms with Crippen LogP contribution in [-0.4, -0.2) is 38.7 Å². The number of aromatic nitrogens is 3. The van der Waals surface area contributed by atoms with Crippen LogP contribution >= 0.6 is 0 Å². The number of hydrogen-bond donors (Lipinski definition) is 1. The molecular weight excluding hydrogens is 358 g/mol. The summed E-state index contributed by atoms with van der Waals surface area (Å²) in [4.78, 5) is 51.0. The maximum atomic E-state index is 13.1. The van der Waals surface area contributed by atoms with E-state index in [-0.39, 0.29) is 18.2 Å². The molecule has 2 aliphatic heterocycles. The molecule has 1 saturated heterocycles. The molecule has 0 saturated carbocycles. The Bertz CT molecular complexity index is 1150. The van der Waals surface area contributed by atoms with E-state index in [2.05, 4.69) is 20.3 Å². The summed E-state index contributed by atoms with van der Waals surface area (Å²) in [7, 11) is 0. The van der Waals surface area contributed by atoms with Crippen molar-refractivity contribution in [1.29, 1.82) is 0 Å². The summed E-state index contributed by atoms with van der Waals surface area (Å²) in [5.74, 6) is -0.998. The van der Waals surface area contributed by atoms with Gasteiger partial charge in [-0.1, -0.05) is 12.1 Å². The van der Waals surface area contributed by atoms with E-state index in [0.717, 1.165) is 22.0 Å². The van der Waals surface area contributed by atoms with E-state index in [1.54, 1.807) is 24.7 Å². The first kappa shape index (κ1) is 16.5. The van der Waals surface area contributed by atoms with Crippen LogP contribution in [0.1, 0.15) is 34.5 Å². The van der Waals surface area contributed by atoms with Crippen LogP contribution in [-0.2, 0) is 16.0 Å². The summed E-state index contributed by atoms with van der Waals surface area (Å²) in [5, 5.41) is 3.98. The first-order valence-electron chi connectivity index (χ1n) is 8.95. The lowest BCUT2D eigenvalue weighted by Gasteiger charge is -2.30. The summed E-state index contributed by atoms with van der Waals surface area (Å²) < 4.78 is 0. The smallest absolute Gasteiger partial charge is 0.259 e. The van der Waals surface area contributed by atoms with Crippen LogP contribution in [0.5, 0.6) is 0 Å². The van der Waals surface area contributed by atoms with Gasteiger partial charge >= 0.3 is 0 Å². The van der Waals surface area contributed by atoms with Gasteiger partial charge < -0.3 is 0 Å². The molecule has 3 aromatic rings. The average Bonchev–Trinajstić information content (AvgIpc) is 2.98. The number of carbonyl (C=O) groups excluding carboxylic acids is 3. The minimum absolute atomic E-state index is 0.208. The lowest BCUT2D eigenvalue weighted by molar-refractivity contribution is -0.134. The SMILES string of the molecule is O=C1CCC(N2C(=O)c3cccc4c(Cc5cncnc5)ncc2c34)C(=O)N1. The van der Waals surface area contributed by atoms with E-state index in [0.29, 0.717) is 24.1 Å². The minimum atomic E-state index is -0.712. The topological polar surface area (TPSA) is 105 Å². The van der Waals surface area contributed by atoms with Crippen molar-refractivity contribution in [1.82, 2.24) is 20.3 Å². The van der Waals surface area contributed by atoms with E-state index >= 15 is 0 Å². The standard InChI is InChI=1S/C20H15N5O3/c26-17-5-4-15(19(27)24-17)25-16-9-23-14(6-11-7-21-10-22-8-11)12-2-1-3-13(18(12)16)20(25)28/h1-3,7-10,15H,4-6H2,(H,24,26,27). The largest absolute Gasteiger partial charge is 0.295 e.